The average molecular weight is 439 g/mol. The maximum absolute atomic E-state index is 11.7. The van der Waals surface area contributed by atoms with Crippen LogP contribution in [-0.4, -0.2) is 31.8 Å². The van der Waals surface area contributed by atoms with Crippen LogP contribution in [0.25, 0.3) is 0 Å². The SMILES string of the molecule is O=C(COc1ccccc1I)N/N=C/c1ccc(N2CCCC2)o1. The van der Waals surface area contributed by atoms with Gasteiger partial charge in [-0.05, 0) is 53.6 Å². The smallest absolute Gasteiger partial charge is 0.277 e. The summed E-state index contributed by atoms with van der Waals surface area (Å²) in [4.78, 5) is 13.9. The van der Waals surface area contributed by atoms with E-state index in [-0.39, 0.29) is 12.5 Å². The molecule has 0 radical (unpaired) electrons. The molecule has 1 aliphatic rings. The van der Waals surface area contributed by atoms with Gasteiger partial charge >= 0.3 is 0 Å². The van der Waals surface area contributed by atoms with Crippen molar-refractivity contribution in [2.75, 3.05) is 24.6 Å². The highest BCUT2D eigenvalue weighted by molar-refractivity contribution is 14.1. The van der Waals surface area contributed by atoms with Crippen molar-refractivity contribution in [2.45, 2.75) is 12.8 Å². The fourth-order valence-electron chi connectivity index (χ4n) is 2.42. The molecule has 1 N–H and O–H groups in total. The zero-order chi connectivity index (χ0) is 16.8. The Bertz CT molecular complexity index is 723. The third-order valence-electron chi connectivity index (χ3n) is 3.61. The molecule has 3 rings (SSSR count). The van der Waals surface area contributed by atoms with Crippen LogP contribution < -0.4 is 15.1 Å². The standard InChI is InChI=1S/C17H18IN3O3/c18-14-5-1-2-6-15(14)23-12-16(22)20-19-11-13-7-8-17(24-13)21-9-3-4-10-21/h1-2,5-8,11H,3-4,9-10,12H2,(H,20,22)/b19-11+. The van der Waals surface area contributed by atoms with Gasteiger partial charge in [-0.1, -0.05) is 12.1 Å². The zero-order valence-electron chi connectivity index (χ0n) is 13.1. The predicted molar refractivity (Wildman–Crippen MR) is 101 cm³/mol. The molecule has 2 aromatic rings. The van der Waals surface area contributed by atoms with Gasteiger partial charge in [0.15, 0.2) is 12.5 Å². The second-order valence-corrected chi connectivity index (χ2v) is 6.54. The number of anilines is 1. The lowest BCUT2D eigenvalue weighted by Crippen LogP contribution is -2.24. The van der Waals surface area contributed by atoms with E-state index in [9.17, 15) is 4.79 Å². The van der Waals surface area contributed by atoms with Gasteiger partial charge in [0, 0.05) is 19.2 Å². The molecule has 0 saturated carbocycles. The monoisotopic (exact) mass is 439 g/mol. The van der Waals surface area contributed by atoms with Crippen molar-refractivity contribution in [2.24, 2.45) is 5.10 Å². The molecular weight excluding hydrogens is 421 g/mol. The number of nitrogens with zero attached hydrogens (tertiary/aromatic N) is 2. The van der Waals surface area contributed by atoms with Gasteiger partial charge in [0.2, 0.25) is 0 Å². The van der Waals surface area contributed by atoms with E-state index in [1.807, 2.05) is 36.4 Å². The Morgan fingerprint density at radius 1 is 1.29 bits per heavy atom. The lowest BCUT2D eigenvalue weighted by Gasteiger charge is -2.12. The first-order valence-corrected chi connectivity index (χ1v) is 8.84. The number of furan rings is 1. The van der Waals surface area contributed by atoms with Gasteiger partial charge in [-0.15, -0.1) is 0 Å². The van der Waals surface area contributed by atoms with Crippen LogP contribution >= 0.6 is 22.6 Å². The topological polar surface area (TPSA) is 67.1 Å². The zero-order valence-corrected chi connectivity index (χ0v) is 15.2. The predicted octanol–water partition coefficient (Wildman–Crippen LogP) is 3.01. The summed E-state index contributed by atoms with van der Waals surface area (Å²) in [5, 5.41) is 3.90. The molecule has 1 saturated heterocycles. The molecule has 1 fully saturated rings. The molecule has 7 heteroatoms. The second-order valence-electron chi connectivity index (χ2n) is 5.38. The van der Waals surface area contributed by atoms with Gasteiger partial charge in [-0.3, -0.25) is 4.79 Å². The number of carbonyl (C=O) groups is 1. The van der Waals surface area contributed by atoms with Crippen LogP contribution in [-0.2, 0) is 4.79 Å². The highest BCUT2D eigenvalue weighted by atomic mass is 127. The molecule has 24 heavy (non-hydrogen) atoms. The van der Waals surface area contributed by atoms with Gasteiger partial charge in [0.1, 0.15) is 11.5 Å². The molecule has 0 unspecified atom stereocenters. The van der Waals surface area contributed by atoms with E-state index in [0.29, 0.717) is 11.5 Å². The highest BCUT2D eigenvalue weighted by Crippen LogP contribution is 2.22. The Morgan fingerprint density at radius 3 is 2.88 bits per heavy atom. The molecule has 6 nitrogen and oxygen atoms in total. The minimum Gasteiger partial charge on any atom is -0.483 e. The molecule has 0 spiro atoms. The number of benzene rings is 1. The number of nitrogens with one attached hydrogen (secondary N) is 1. The van der Waals surface area contributed by atoms with Crippen LogP contribution in [0.3, 0.4) is 0 Å². The number of hydrazone groups is 1. The first-order chi connectivity index (χ1) is 11.7. The Morgan fingerprint density at radius 2 is 2.08 bits per heavy atom. The number of carbonyl (C=O) groups excluding carboxylic acids is 1. The van der Waals surface area contributed by atoms with E-state index >= 15 is 0 Å². The first-order valence-electron chi connectivity index (χ1n) is 7.76. The Kier molecular flexibility index (Phi) is 5.73. The maximum Gasteiger partial charge on any atom is 0.277 e. The van der Waals surface area contributed by atoms with Crippen LogP contribution in [0.1, 0.15) is 18.6 Å². The van der Waals surface area contributed by atoms with Crippen molar-refractivity contribution >= 4 is 40.6 Å². The number of para-hydroxylation sites is 1. The minimum absolute atomic E-state index is 0.0888. The number of rotatable bonds is 6. The van der Waals surface area contributed by atoms with Crippen molar-refractivity contribution in [3.63, 3.8) is 0 Å². The lowest BCUT2D eigenvalue weighted by atomic mass is 10.3. The van der Waals surface area contributed by atoms with E-state index in [4.69, 9.17) is 9.15 Å². The van der Waals surface area contributed by atoms with E-state index in [0.717, 1.165) is 22.5 Å². The highest BCUT2D eigenvalue weighted by Gasteiger charge is 2.15. The van der Waals surface area contributed by atoms with Crippen molar-refractivity contribution in [1.82, 2.24) is 5.43 Å². The van der Waals surface area contributed by atoms with Gasteiger partial charge in [-0.25, -0.2) is 5.43 Å². The molecule has 0 aliphatic carbocycles. The van der Waals surface area contributed by atoms with Crippen LogP contribution in [0.2, 0.25) is 0 Å². The molecule has 0 atom stereocenters. The Labute approximate surface area is 154 Å². The molecule has 2 heterocycles. The summed E-state index contributed by atoms with van der Waals surface area (Å²) >= 11 is 2.16. The van der Waals surface area contributed by atoms with Crippen LogP contribution in [0.5, 0.6) is 5.75 Å². The summed E-state index contributed by atoms with van der Waals surface area (Å²) in [6.07, 6.45) is 3.88. The van der Waals surface area contributed by atoms with E-state index in [1.165, 1.54) is 19.1 Å². The number of hydrogen-bond donors (Lipinski definition) is 1. The number of amides is 1. The van der Waals surface area contributed by atoms with Crippen molar-refractivity contribution in [3.8, 4) is 5.75 Å². The average Bonchev–Trinajstić information content (AvgIpc) is 3.25. The van der Waals surface area contributed by atoms with Gasteiger partial charge in [-0.2, -0.15) is 5.10 Å². The van der Waals surface area contributed by atoms with E-state index < -0.39 is 0 Å². The summed E-state index contributed by atoms with van der Waals surface area (Å²) in [7, 11) is 0. The van der Waals surface area contributed by atoms with Gasteiger partial charge in [0.25, 0.3) is 5.91 Å². The summed E-state index contributed by atoms with van der Waals surface area (Å²) in [5.74, 6) is 1.81. The fourth-order valence-corrected chi connectivity index (χ4v) is 2.97. The first kappa shape index (κ1) is 16.8. The fraction of sp³-hybridized carbons (Fsp3) is 0.294. The Balaban J connectivity index is 1.45. The molecular formula is C17H18IN3O3. The molecule has 1 aromatic heterocycles. The van der Waals surface area contributed by atoms with Crippen molar-refractivity contribution in [1.29, 1.82) is 0 Å². The summed E-state index contributed by atoms with van der Waals surface area (Å²) in [6.45, 7) is 1.96. The normalized spacial score (nSPS) is 14.3. The van der Waals surface area contributed by atoms with E-state index in [1.54, 1.807) is 0 Å². The third-order valence-corrected chi connectivity index (χ3v) is 4.50. The molecule has 0 bridgehead atoms. The van der Waals surface area contributed by atoms with Crippen molar-refractivity contribution < 1.29 is 13.9 Å². The largest absolute Gasteiger partial charge is 0.483 e. The maximum atomic E-state index is 11.7. The number of ether oxygens (including phenoxy) is 1. The molecule has 1 aromatic carbocycles. The lowest BCUT2D eigenvalue weighted by molar-refractivity contribution is -0.123. The quantitative estimate of drug-likeness (QED) is 0.427. The minimum atomic E-state index is -0.322. The van der Waals surface area contributed by atoms with Gasteiger partial charge < -0.3 is 14.1 Å². The number of halogens is 1. The van der Waals surface area contributed by atoms with Gasteiger partial charge in [0.05, 0.1) is 9.78 Å². The molecule has 126 valence electrons. The molecule has 1 amide bonds. The summed E-state index contributed by atoms with van der Waals surface area (Å²) in [6, 6.07) is 11.3. The van der Waals surface area contributed by atoms with E-state index in [2.05, 4.69) is 38.0 Å². The summed E-state index contributed by atoms with van der Waals surface area (Å²) in [5.41, 5.74) is 2.43. The number of hydrogen-bond acceptors (Lipinski definition) is 5. The van der Waals surface area contributed by atoms with Crippen molar-refractivity contribution in [3.05, 3.63) is 45.7 Å². The molecule has 1 aliphatic heterocycles. The van der Waals surface area contributed by atoms with Crippen LogP contribution in [0.4, 0.5) is 5.88 Å². The third kappa shape index (κ3) is 4.50. The van der Waals surface area contributed by atoms with Crippen LogP contribution in [0, 0.1) is 3.57 Å². The van der Waals surface area contributed by atoms with Crippen LogP contribution in [0.15, 0.2) is 45.9 Å². The second kappa shape index (κ2) is 8.18. The Hall–Kier alpha value is -2.03. The summed E-state index contributed by atoms with van der Waals surface area (Å²) < 4.78 is 12.1.